The van der Waals surface area contributed by atoms with Crippen LogP contribution in [0, 0.1) is 5.82 Å². The van der Waals surface area contributed by atoms with E-state index in [1.54, 1.807) is 18.2 Å². The number of ether oxygens (including phenoxy) is 1. The van der Waals surface area contributed by atoms with Gasteiger partial charge in [0.05, 0.1) is 18.4 Å². The summed E-state index contributed by atoms with van der Waals surface area (Å²) >= 11 is 1.07. The van der Waals surface area contributed by atoms with Crippen LogP contribution in [0.15, 0.2) is 29.4 Å². The number of carbonyl (C=O) groups excluding carboxylic acids is 2. The normalized spacial score (nSPS) is 10.3. The fourth-order valence-electron chi connectivity index (χ4n) is 1.51. The molecule has 0 unspecified atom stereocenters. The fourth-order valence-corrected chi connectivity index (χ4v) is 2.14. The van der Waals surface area contributed by atoms with E-state index in [1.165, 1.54) is 13.2 Å². The largest absolute Gasteiger partial charge is 0.468 e. The van der Waals surface area contributed by atoms with Gasteiger partial charge in [0, 0.05) is 0 Å². The molecule has 0 atom stereocenters. The highest BCUT2D eigenvalue weighted by Crippen LogP contribution is 2.21. The molecule has 1 aromatic heterocycles. The van der Waals surface area contributed by atoms with Gasteiger partial charge in [-0.1, -0.05) is 23.9 Å². The molecule has 1 heterocycles. The predicted molar refractivity (Wildman–Crippen MR) is 77.5 cm³/mol. The molecule has 0 fully saturated rings. The summed E-state index contributed by atoms with van der Waals surface area (Å²) in [5.41, 5.74) is 0.303. The average molecular weight is 324 g/mol. The molecule has 0 bridgehead atoms. The number of halogens is 1. The molecule has 2 aromatic rings. The van der Waals surface area contributed by atoms with Crippen molar-refractivity contribution in [2.45, 2.75) is 5.16 Å². The molecule has 1 amide bonds. The van der Waals surface area contributed by atoms with Crippen LogP contribution in [-0.2, 0) is 14.3 Å². The van der Waals surface area contributed by atoms with Gasteiger partial charge in [-0.05, 0) is 12.1 Å². The van der Waals surface area contributed by atoms with Gasteiger partial charge in [0.2, 0.25) is 11.1 Å². The summed E-state index contributed by atoms with van der Waals surface area (Å²) in [5, 5.41) is 9.23. The van der Waals surface area contributed by atoms with Crippen molar-refractivity contribution in [3.63, 3.8) is 0 Å². The van der Waals surface area contributed by atoms with Crippen molar-refractivity contribution in [2.75, 3.05) is 19.4 Å². The van der Waals surface area contributed by atoms with E-state index >= 15 is 0 Å². The number of hydrogen-bond donors (Lipinski definition) is 2. The molecule has 116 valence electrons. The van der Waals surface area contributed by atoms with Crippen molar-refractivity contribution in [1.29, 1.82) is 0 Å². The summed E-state index contributed by atoms with van der Waals surface area (Å²) in [6.45, 7) is -0.190. The number of nitrogens with zero attached hydrogens (tertiary/aromatic N) is 2. The summed E-state index contributed by atoms with van der Waals surface area (Å²) < 4.78 is 18.0. The maximum atomic E-state index is 13.6. The van der Waals surface area contributed by atoms with Gasteiger partial charge in [-0.25, -0.2) is 9.37 Å². The van der Waals surface area contributed by atoms with Crippen molar-refractivity contribution in [1.82, 2.24) is 20.5 Å². The minimum atomic E-state index is -0.530. The first-order valence-corrected chi connectivity index (χ1v) is 7.22. The van der Waals surface area contributed by atoms with Crippen molar-refractivity contribution in [3.05, 3.63) is 30.1 Å². The van der Waals surface area contributed by atoms with Crippen LogP contribution in [0.1, 0.15) is 0 Å². The molecule has 0 saturated carbocycles. The first-order valence-electron chi connectivity index (χ1n) is 6.23. The summed E-state index contributed by atoms with van der Waals surface area (Å²) in [5.74, 6) is -0.974. The second-order valence-corrected chi connectivity index (χ2v) is 5.03. The Hall–Kier alpha value is -2.42. The molecule has 0 spiro atoms. The van der Waals surface area contributed by atoms with Crippen LogP contribution in [-0.4, -0.2) is 46.5 Å². The topological polar surface area (TPSA) is 97.0 Å². The molecule has 0 radical (unpaired) electrons. The highest BCUT2D eigenvalue weighted by Gasteiger charge is 2.12. The minimum absolute atomic E-state index is 0.0333. The van der Waals surface area contributed by atoms with Crippen LogP contribution in [0.5, 0.6) is 0 Å². The van der Waals surface area contributed by atoms with Crippen LogP contribution >= 0.6 is 11.8 Å². The van der Waals surface area contributed by atoms with E-state index in [9.17, 15) is 14.0 Å². The third kappa shape index (κ3) is 4.29. The van der Waals surface area contributed by atoms with Gasteiger partial charge >= 0.3 is 5.97 Å². The van der Waals surface area contributed by atoms with Crippen molar-refractivity contribution in [2.24, 2.45) is 0 Å². The quantitative estimate of drug-likeness (QED) is 0.607. The van der Waals surface area contributed by atoms with E-state index in [0.29, 0.717) is 10.7 Å². The molecular formula is C13H13FN4O3S. The molecule has 9 heteroatoms. The monoisotopic (exact) mass is 324 g/mol. The highest BCUT2D eigenvalue weighted by atomic mass is 32.2. The van der Waals surface area contributed by atoms with Crippen LogP contribution in [0.4, 0.5) is 4.39 Å². The third-order valence-corrected chi connectivity index (χ3v) is 3.43. The standard InChI is InChI=1S/C13H13FN4O3S/c1-21-11(20)6-15-10(19)7-22-13-16-12(17-18-13)8-4-2-3-5-9(8)14/h2-5H,6-7H2,1H3,(H,15,19)(H,16,17,18). The number of aromatic amines is 1. The van der Waals surface area contributed by atoms with E-state index in [-0.39, 0.29) is 24.0 Å². The van der Waals surface area contributed by atoms with Crippen LogP contribution in [0.2, 0.25) is 0 Å². The number of rotatable bonds is 6. The number of aromatic nitrogens is 3. The molecule has 0 aliphatic heterocycles. The zero-order valence-corrected chi connectivity index (χ0v) is 12.4. The van der Waals surface area contributed by atoms with Crippen LogP contribution < -0.4 is 5.32 Å². The number of benzene rings is 1. The summed E-state index contributed by atoms with van der Waals surface area (Å²) in [6, 6.07) is 6.17. The average Bonchev–Trinajstić information content (AvgIpc) is 2.99. The molecule has 0 aliphatic carbocycles. The number of esters is 1. The number of thioether (sulfide) groups is 1. The first kappa shape index (κ1) is 16.0. The predicted octanol–water partition coefficient (Wildman–Crippen LogP) is 0.992. The van der Waals surface area contributed by atoms with Crippen molar-refractivity contribution < 1.29 is 18.7 Å². The van der Waals surface area contributed by atoms with Crippen molar-refractivity contribution >= 4 is 23.6 Å². The molecule has 7 nitrogen and oxygen atoms in total. The van der Waals surface area contributed by atoms with Gasteiger partial charge in [-0.15, -0.1) is 5.10 Å². The SMILES string of the molecule is COC(=O)CNC(=O)CSc1n[nH]c(-c2ccccc2F)n1. The molecule has 22 heavy (non-hydrogen) atoms. The second kappa shape index (κ2) is 7.55. The Morgan fingerprint density at radius 2 is 2.18 bits per heavy atom. The Morgan fingerprint density at radius 3 is 2.91 bits per heavy atom. The van der Waals surface area contributed by atoms with E-state index in [0.717, 1.165) is 11.8 Å². The summed E-state index contributed by atoms with van der Waals surface area (Å²) in [7, 11) is 1.24. The Kier molecular flexibility index (Phi) is 5.48. The first-order chi connectivity index (χ1) is 10.6. The Morgan fingerprint density at radius 1 is 1.41 bits per heavy atom. The Balaban J connectivity index is 1.89. The lowest BCUT2D eigenvalue weighted by molar-refractivity contribution is -0.140. The van der Waals surface area contributed by atoms with E-state index in [4.69, 9.17) is 0 Å². The minimum Gasteiger partial charge on any atom is -0.468 e. The zero-order chi connectivity index (χ0) is 15.9. The fraction of sp³-hybridized carbons (Fsp3) is 0.231. The summed E-state index contributed by atoms with van der Waals surface area (Å²) in [6.07, 6.45) is 0. The number of carbonyl (C=O) groups is 2. The van der Waals surface area contributed by atoms with Gasteiger partial charge in [0.15, 0.2) is 5.82 Å². The lowest BCUT2D eigenvalue weighted by Gasteiger charge is -2.01. The number of H-pyrrole nitrogens is 1. The van der Waals surface area contributed by atoms with Gasteiger partial charge in [0.1, 0.15) is 12.4 Å². The van der Waals surface area contributed by atoms with Crippen LogP contribution in [0.25, 0.3) is 11.4 Å². The van der Waals surface area contributed by atoms with E-state index < -0.39 is 11.8 Å². The van der Waals surface area contributed by atoms with E-state index in [1.807, 2.05) is 0 Å². The van der Waals surface area contributed by atoms with Crippen molar-refractivity contribution in [3.8, 4) is 11.4 Å². The molecule has 1 aromatic carbocycles. The van der Waals surface area contributed by atoms with Gasteiger partial charge in [-0.2, -0.15) is 0 Å². The number of hydrogen-bond acceptors (Lipinski definition) is 6. The highest BCUT2D eigenvalue weighted by molar-refractivity contribution is 7.99. The van der Waals surface area contributed by atoms with Crippen LogP contribution in [0.3, 0.4) is 0 Å². The molecule has 2 rings (SSSR count). The zero-order valence-electron chi connectivity index (χ0n) is 11.6. The molecule has 2 N–H and O–H groups in total. The second-order valence-electron chi connectivity index (χ2n) is 4.09. The van der Waals surface area contributed by atoms with Gasteiger partial charge in [-0.3, -0.25) is 14.7 Å². The number of methoxy groups -OCH3 is 1. The van der Waals surface area contributed by atoms with Gasteiger partial charge in [0.25, 0.3) is 0 Å². The lowest BCUT2D eigenvalue weighted by Crippen LogP contribution is -2.31. The summed E-state index contributed by atoms with van der Waals surface area (Å²) in [4.78, 5) is 26.5. The Labute approximate surface area is 129 Å². The van der Waals surface area contributed by atoms with Gasteiger partial charge < -0.3 is 10.1 Å². The maximum absolute atomic E-state index is 13.6. The van der Waals surface area contributed by atoms with E-state index in [2.05, 4.69) is 25.2 Å². The molecular weight excluding hydrogens is 311 g/mol. The third-order valence-electron chi connectivity index (χ3n) is 2.58. The number of amides is 1. The molecule has 0 saturated heterocycles. The Bertz CT molecular complexity index is 677. The molecule has 0 aliphatic rings. The maximum Gasteiger partial charge on any atom is 0.325 e. The lowest BCUT2D eigenvalue weighted by atomic mass is 10.2. The number of nitrogens with one attached hydrogen (secondary N) is 2. The smallest absolute Gasteiger partial charge is 0.325 e.